The molecule has 0 saturated heterocycles. The van der Waals surface area contributed by atoms with E-state index >= 15 is 0 Å². The molecule has 0 saturated carbocycles. The third kappa shape index (κ3) is 5.42. The van der Waals surface area contributed by atoms with Crippen LogP contribution in [0, 0.1) is 6.92 Å². The lowest BCUT2D eigenvalue weighted by atomic mass is 9.99. The minimum absolute atomic E-state index is 0.483. The predicted molar refractivity (Wildman–Crippen MR) is 144 cm³/mol. The molecule has 4 rings (SSSR count). The quantitative estimate of drug-likeness (QED) is 0.329. The van der Waals surface area contributed by atoms with Crippen molar-refractivity contribution in [1.82, 2.24) is 9.97 Å². The van der Waals surface area contributed by atoms with Gasteiger partial charge in [0.25, 0.3) is 0 Å². The molecule has 172 valence electrons. The Morgan fingerprint density at radius 3 is 2.58 bits per heavy atom. The second kappa shape index (κ2) is 10.3. The van der Waals surface area contributed by atoms with E-state index in [2.05, 4.69) is 82.9 Å². The van der Waals surface area contributed by atoms with Crippen LogP contribution in [-0.4, -0.2) is 29.6 Å². The maximum absolute atomic E-state index is 6.19. The largest absolute Gasteiger partial charge is 0.352 e. The summed E-state index contributed by atoms with van der Waals surface area (Å²) in [5.41, 5.74) is 5.90. The van der Waals surface area contributed by atoms with E-state index in [-0.39, 0.29) is 0 Å². The van der Waals surface area contributed by atoms with Gasteiger partial charge >= 0.3 is 0 Å². The fraction of sp³-hybridized carbons (Fsp3) is 0.333. The Hall–Kier alpha value is -2.37. The molecule has 0 spiro atoms. The Morgan fingerprint density at radius 1 is 1.12 bits per heavy atom. The van der Waals surface area contributed by atoms with E-state index in [4.69, 9.17) is 21.6 Å². The summed E-state index contributed by atoms with van der Waals surface area (Å²) in [6.07, 6.45) is 3.24. The number of benzene rings is 2. The SMILES string of the molecule is CCN(c1nc(C)cc(N2CC=C(c3cccc(Cl)c3)CC2)n1)c1ccc(C(C)C)cc1Br. The molecule has 0 radical (unpaired) electrons. The molecule has 0 bridgehead atoms. The minimum atomic E-state index is 0.483. The zero-order valence-corrected chi connectivity index (χ0v) is 22.0. The van der Waals surface area contributed by atoms with Gasteiger partial charge in [0.05, 0.1) is 5.69 Å². The number of anilines is 3. The first-order valence-corrected chi connectivity index (χ1v) is 12.7. The van der Waals surface area contributed by atoms with Crippen LogP contribution in [0.1, 0.15) is 49.9 Å². The van der Waals surface area contributed by atoms with Gasteiger partial charge in [0.1, 0.15) is 5.82 Å². The first-order chi connectivity index (χ1) is 15.9. The van der Waals surface area contributed by atoms with Crippen molar-refractivity contribution in [3.8, 4) is 0 Å². The summed E-state index contributed by atoms with van der Waals surface area (Å²) in [5.74, 6) is 2.18. The number of aromatic nitrogens is 2. The van der Waals surface area contributed by atoms with E-state index in [1.165, 1.54) is 16.7 Å². The summed E-state index contributed by atoms with van der Waals surface area (Å²) in [7, 11) is 0. The van der Waals surface area contributed by atoms with Crippen LogP contribution in [0.4, 0.5) is 17.5 Å². The molecule has 1 aliphatic heterocycles. The maximum atomic E-state index is 6.19. The summed E-state index contributed by atoms with van der Waals surface area (Å²) < 4.78 is 1.06. The summed E-state index contributed by atoms with van der Waals surface area (Å²) in [5, 5.41) is 0.777. The Labute approximate surface area is 210 Å². The molecular formula is C27H30BrClN4. The lowest BCUT2D eigenvalue weighted by Gasteiger charge is -2.29. The third-order valence-corrected chi connectivity index (χ3v) is 6.91. The van der Waals surface area contributed by atoms with Gasteiger partial charge in [0.2, 0.25) is 5.95 Å². The Bertz CT molecular complexity index is 1170. The van der Waals surface area contributed by atoms with Gasteiger partial charge in [-0.05, 0) is 83.1 Å². The van der Waals surface area contributed by atoms with Crippen LogP contribution < -0.4 is 9.80 Å². The van der Waals surface area contributed by atoms with E-state index in [0.717, 1.165) is 58.7 Å². The lowest BCUT2D eigenvalue weighted by molar-refractivity contribution is 0.805. The molecule has 2 heterocycles. The molecule has 0 aliphatic carbocycles. The van der Waals surface area contributed by atoms with E-state index < -0.39 is 0 Å². The number of hydrogen-bond acceptors (Lipinski definition) is 4. The zero-order chi connectivity index (χ0) is 23.5. The van der Waals surface area contributed by atoms with Crippen LogP contribution in [0.3, 0.4) is 0 Å². The molecule has 33 heavy (non-hydrogen) atoms. The predicted octanol–water partition coefficient (Wildman–Crippen LogP) is 7.78. The number of aryl methyl sites for hydroxylation is 1. The minimum Gasteiger partial charge on any atom is -0.352 e. The normalized spacial score (nSPS) is 13.9. The summed E-state index contributed by atoms with van der Waals surface area (Å²) in [6.45, 7) is 11.1. The first kappa shape index (κ1) is 23.8. The molecule has 0 atom stereocenters. The van der Waals surface area contributed by atoms with Gasteiger partial charge in [-0.25, -0.2) is 4.98 Å². The van der Waals surface area contributed by atoms with Gasteiger partial charge in [0.15, 0.2) is 0 Å². The first-order valence-electron chi connectivity index (χ1n) is 11.5. The van der Waals surface area contributed by atoms with Crippen molar-refractivity contribution < 1.29 is 0 Å². The fourth-order valence-electron chi connectivity index (χ4n) is 4.17. The van der Waals surface area contributed by atoms with Gasteiger partial charge in [-0.1, -0.05) is 49.7 Å². The summed E-state index contributed by atoms with van der Waals surface area (Å²) in [6, 6.07) is 16.7. The molecule has 1 aromatic heterocycles. The van der Waals surface area contributed by atoms with Crippen LogP contribution in [-0.2, 0) is 0 Å². The standard InChI is InChI=1S/C27H30BrClN4/c1-5-33(25-10-9-21(18(2)3)17-24(25)28)27-30-19(4)15-26(31-27)32-13-11-20(12-14-32)22-7-6-8-23(29)16-22/h6-11,15-18H,5,12-14H2,1-4H3. The van der Waals surface area contributed by atoms with Crippen LogP contribution in [0.2, 0.25) is 5.02 Å². The monoisotopic (exact) mass is 524 g/mol. The molecule has 0 unspecified atom stereocenters. The molecule has 0 fully saturated rings. The number of halogens is 2. The Kier molecular flexibility index (Phi) is 7.40. The van der Waals surface area contributed by atoms with Gasteiger partial charge in [-0.15, -0.1) is 0 Å². The highest BCUT2D eigenvalue weighted by Crippen LogP contribution is 2.34. The molecule has 6 heteroatoms. The second-order valence-corrected chi connectivity index (χ2v) is 10.0. The van der Waals surface area contributed by atoms with Crippen molar-refractivity contribution in [2.75, 3.05) is 29.4 Å². The zero-order valence-electron chi connectivity index (χ0n) is 19.6. The maximum Gasteiger partial charge on any atom is 0.232 e. The average Bonchev–Trinajstić information content (AvgIpc) is 2.80. The van der Waals surface area contributed by atoms with Gasteiger partial charge in [0, 0.05) is 40.9 Å². The molecule has 0 amide bonds. The molecule has 3 aromatic rings. The number of nitrogens with zero attached hydrogens (tertiary/aromatic N) is 4. The van der Waals surface area contributed by atoms with E-state index in [0.29, 0.717) is 5.92 Å². The molecule has 0 N–H and O–H groups in total. The second-order valence-electron chi connectivity index (χ2n) is 8.71. The van der Waals surface area contributed by atoms with Crippen molar-refractivity contribution in [2.24, 2.45) is 0 Å². The lowest BCUT2D eigenvalue weighted by Crippen LogP contribution is -2.30. The van der Waals surface area contributed by atoms with Crippen molar-refractivity contribution in [3.05, 3.63) is 80.9 Å². The van der Waals surface area contributed by atoms with Crippen molar-refractivity contribution in [3.63, 3.8) is 0 Å². The van der Waals surface area contributed by atoms with Crippen LogP contribution in [0.5, 0.6) is 0 Å². The van der Waals surface area contributed by atoms with E-state index in [1.54, 1.807) is 0 Å². The van der Waals surface area contributed by atoms with Gasteiger partial charge in [-0.3, -0.25) is 0 Å². The molecule has 1 aliphatic rings. The smallest absolute Gasteiger partial charge is 0.232 e. The topological polar surface area (TPSA) is 32.3 Å². The average molecular weight is 526 g/mol. The Morgan fingerprint density at radius 2 is 1.94 bits per heavy atom. The Balaban J connectivity index is 1.60. The highest BCUT2D eigenvalue weighted by Gasteiger charge is 2.20. The highest BCUT2D eigenvalue weighted by molar-refractivity contribution is 9.10. The van der Waals surface area contributed by atoms with Crippen molar-refractivity contribution in [2.45, 2.75) is 40.0 Å². The van der Waals surface area contributed by atoms with Crippen LogP contribution >= 0.6 is 27.5 Å². The molecule has 4 nitrogen and oxygen atoms in total. The fourth-order valence-corrected chi connectivity index (χ4v) is 4.97. The van der Waals surface area contributed by atoms with Gasteiger partial charge < -0.3 is 9.80 Å². The van der Waals surface area contributed by atoms with Gasteiger partial charge in [-0.2, -0.15) is 4.98 Å². The number of hydrogen-bond donors (Lipinski definition) is 0. The summed E-state index contributed by atoms with van der Waals surface area (Å²) in [4.78, 5) is 14.3. The molecular weight excluding hydrogens is 496 g/mol. The van der Waals surface area contributed by atoms with E-state index in [1.807, 2.05) is 25.1 Å². The summed E-state index contributed by atoms with van der Waals surface area (Å²) >= 11 is 9.97. The third-order valence-electron chi connectivity index (χ3n) is 6.04. The van der Waals surface area contributed by atoms with Crippen molar-refractivity contribution in [1.29, 1.82) is 0 Å². The molecule has 2 aromatic carbocycles. The van der Waals surface area contributed by atoms with E-state index in [9.17, 15) is 0 Å². The highest BCUT2D eigenvalue weighted by atomic mass is 79.9. The van der Waals surface area contributed by atoms with Crippen LogP contribution in [0.15, 0.2) is 59.1 Å². The van der Waals surface area contributed by atoms with Crippen molar-refractivity contribution >= 4 is 50.6 Å². The number of rotatable bonds is 6. The van der Waals surface area contributed by atoms with Crippen LogP contribution in [0.25, 0.3) is 5.57 Å².